The molecule has 0 bridgehead atoms. The largest absolute Gasteiger partial charge is 0.486 e. The molecule has 0 saturated carbocycles. The minimum Gasteiger partial charge on any atom is -0.486 e. The average Bonchev–Trinajstić information content (AvgIpc) is 3.46. The Hall–Kier alpha value is -2.86. The molecule has 0 radical (unpaired) electrons. The number of carbonyl (C=O) groups excluding carboxylic acids is 2. The molecular formula is C22H23IN4O5. The van der Waals surface area contributed by atoms with Crippen molar-refractivity contribution in [3.8, 4) is 5.75 Å². The van der Waals surface area contributed by atoms with Gasteiger partial charge in [-0.2, -0.15) is 5.10 Å². The van der Waals surface area contributed by atoms with Crippen LogP contribution in [0.3, 0.4) is 0 Å². The normalized spacial score (nSPS) is 13.8. The number of benzene rings is 1. The summed E-state index contributed by atoms with van der Waals surface area (Å²) in [7, 11) is 0. The van der Waals surface area contributed by atoms with E-state index in [1.807, 2.05) is 31.2 Å². The Morgan fingerprint density at radius 3 is 2.62 bits per heavy atom. The zero-order valence-corrected chi connectivity index (χ0v) is 19.7. The fourth-order valence-electron chi connectivity index (χ4n) is 3.31. The van der Waals surface area contributed by atoms with Gasteiger partial charge in [0.2, 0.25) is 0 Å². The van der Waals surface area contributed by atoms with Crippen LogP contribution < -0.4 is 10.1 Å². The van der Waals surface area contributed by atoms with Crippen molar-refractivity contribution in [2.75, 3.05) is 31.6 Å². The number of nitrogens with zero attached hydrogens (tertiary/aromatic N) is 3. The number of rotatable bonds is 7. The van der Waals surface area contributed by atoms with Gasteiger partial charge in [0.25, 0.3) is 11.8 Å². The van der Waals surface area contributed by atoms with Crippen molar-refractivity contribution in [1.29, 1.82) is 0 Å². The SMILES string of the molecule is CCn1ncc(NC(=O)c2ccc(COc3ccc(I)cc3)o2)c1C(=O)N1CCOCC1. The lowest BCUT2D eigenvalue weighted by atomic mass is 10.2. The fraction of sp³-hybridized carbons (Fsp3) is 0.318. The first-order valence-corrected chi connectivity index (χ1v) is 11.3. The molecule has 1 N–H and O–H groups in total. The summed E-state index contributed by atoms with van der Waals surface area (Å²) in [6.45, 7) is 4.58. The molecule has 1 fully saturated rings. The number of morpholine rings is 1. The first-order valence-electron chi connectivity index (χ1n) is 10.3. The number of hydrogen-bond donors (Lipinski definition) is 1. The first-order chi connectivity index (χ1) is 15.5. The molecule has 4 rings (SSSR count). The zero-order valence-electron chi connectivity index (χ0n) is 17.5. The summed E-state index contributed by atoms with van der Waals surface area (Å²) in [5.74, 6) is 0.708. The van der Waals surface area contributed by atoms with Gasteiger partial charge >= 0.3 is 0 Å². The topological polar surface area (TPSA) is 98.8 Å². The van der Waals surface area contributed by atoms with Gasteiger partial charge in [-0.25, -0.2) is 0 Å². The third-order valence-corrected chi connectivity index (χ3v) is 5.69. The van der Waals surface area contributed by atoms with Gasteiger partial charge in [0, 0.05) is 23.2 Å². The highest BCUT2D eigenvalue weighted by Gasteiger charge is 2.26. The van der Waals surface area contributed by atoms with Crippen LogP contribution in [0.25, 0.3) is 0 Å². The molecule has 1 aliphatic heterocycles. The van der Waals surface area contributed by atoms with E-state index < -0.39 is 5.91 Å². The summed E-state index contributed by atoms with van der Waals surface area (Å²) >= 11 is 2.22. The van der Waals surface area contributed by atoms with Crippen LogP contribution in [0.4, 0.5) is 5.69 Å². The number of ether oxygens (including phenoxy) is 2. The minimum absolute atomic E-state index is 0.125. The third-order valence-electron chi connectivity index (χ3n) is 4.97. The molecule has 1 aromatic carbocycles. The summed E-state index contributed by atoms with van der Waals surface area (Å²) in [6, 6.07) is 10.9. The average molecular weight is 550 g/mol. The number of amides is 2. The molecular weight excluding hydrogens is 527 g/mol. The van der Waals surface area contributed by atoms with E-state index in [4.69, 9.17) is 13.9 Å². The van der Waals surface area contributed by atoms with Gasteiger partial charge in [-0.1, -0.05) is 0 Å². The summed E-state index contributed by atoms with van der Waals surface area (Å²) in [6.07, 6.45) is 1.48. The van der Waals surface area contributed by atoms with Crippen LogP contribution in [0, 0.1) is 3.57 Å². The lowest BCUT2D eigenvalue weighted by molar-refractivity contribution is 0.0295. The Morgan fingerprint density at radius 1 is 1.16 bits per heavy atom. The summed E-state index contributed by atoms with van der Waals surface area (Å²) < 4.78 is 19.3. The smallest absolute Gasteiger partial charge is 0.291 e. The predicted molar refractivity (Wildman–Crippen MR) is 125 cm³/mol. The third kappa shape index (κ3) is 5.13. The van der Waals surface area contributed by atoms with Gasteiger partial charge in [-0.05, 0) is 65.9 Å². The molecule has 168 valence electrons. The van der Waals surface area contributed by atoms with Gasteiger partial charge in [-0.3, -0.25) is 14.3 Å². The highest BCUT2D eigenvalue weighted by Crippen LogP contribution is 2.21. The number of hydrogen-bond acceptors (Lipinski definition) is 6. The monoisotopic (exact) mass is 550 g/mol. The van der Waals surface area contributed by atoms with Crippen LogP contribution in [-0.4, -0.2) is 52.8 Å². The van der Waals surface area contributed by atoms with Crippen molar-refractivity contribution in [3.05, 3.63) is 63.4 Å². The van der Waals surface area contributed by atoms with Crippen molar-refractivity contribution >= 4 is 40.1 Å². The fourth-order valence-corrected chi connectivity index (χ4v) is 3.66. The Balaban J connectivity index is 1.43. The van der Waals surface area contributed by atoms with Crippen molar-refractivity contribution in [3.63, 3.8) is 0 Å². The molecule has 3 aromatic rings. The Labute approximate surface area is 198 Å². The highest BCUT2D eigenvalue weighted by atomic mass is 127. The van der Waals surface area contributed by atoms with E-state index in [9.17, 15) is 9.59 Å². The van der Waals surface area contributed by atoms with Crippen molar-refractivity contribution in [1.82, 2.24) is 14.7 Å². The predicted octanol–water partition coefficient (Wildman–Crippen LogP) is 3.40. The van der Waals surface area contributed by atoms with E-state index in [-0.39, 0.29) is 18.3 Å². The van der Waals surface area contributed by atoms with Crippen LogP contribution >= 0.6 is 22.6 Å². The number of aromatic nitrogens is 2. The van der Waals surface area contributed by atoms with E-state index >= 15 is 0 Å². The van der Waals surface area contributed by atoms with E-state index in [1.54, 1.807) is 21.7 Å². The highest BCUT2D eigenvalue weighted by molar-refractivity contribution is 14.1. The van der Waals surface area contributed by atoms with Gasteiger partial charge in [0.1, 0.15) is 23.8 Å². The van der Waals surface area contributed by atoms with E-state index in [1.165, 1.54) is 6.20 Å². The molecule has 0 spiro atoms. The molecule has 2 amide bonds. The molecule has 9 nitrogen and oxygen atoms in total. The Morgan fingerprint density at radius 2 is 1.91 bits per heavy atom. The quantitative estimate of drug-likeness (QED) is 0.453. The molecule has 2 aromatic heterocycles. The zero-order chi connectivity index (χ0) is 22.5. The van der Waals surface area contributed by atoms with Gasteiger partial charge in [0.05, 0.1) is 25.1 Å². The van der Waals surface area contributed by atoms with Crippen molar-refractivity contribution < 1.29 is 23.5 Å². The van der Waals surface area contributed by atoms with Crippen LogP contribution in [0.15, 0.2) is 47.0 Å². The Kier molecular flexibility index (Phi) is 7.10. The summed E-state index contributed by atoms with van der Waals surface area (Å²) in [4.78, 5) is 27.5. The van der Waals surface area contributed by atoms with Crippen molar-refractivity contribution in [2.24, 2.45) is 0 Å². The summed E-state index contributed by atoms with van der Waals surface area (Å²) in [5, 5.41) is 7.00. The summed E-state index contributed by atoms with van der Waals surface area (Å²) in [5.41, 5.74) is 0.693. The lowest BCUT2D eigenvalue weighted by Gasteiger charge is -2.27. The van der Waals surface area contributed by atoms with E-state index in [2.05, 4.69) is 33.0 Å². The van der Waals surface area contributed by atoms with Gasteiger partial charge in [-0.15, -0.1) is 0 Å². The van der Waals surface area contributed by atoms with Gasteiger partial charge < -0.3 is 24.1 Å². The molecule has 1 aliphatic rings. The number of anilines is 1. The Bertz CT molecular complexity index is 1090. The standard InChI is InChI=1S/C22H23IN4O5/c1-2-27-20(22(29)26-9-11-30-12-10-26)18(13-24-27)25-21(28)19-8-7-17(32-19)14-31-16-5-3-15(23)4-6-16/h3-8,13H,2,9-12,14H2,1H3,(H,25,28). The number of aryl methyl sites for hydroxylation is 1. The number of furan rings is 1. The first kappa shape index (κ1) is 22.3. The van der Waals surface area contributed by atoms with E-state index in [0.717, 1.165) is 3.57 Å². The van der Waals surface area contributed by atoms with Crippen molar-refractivity contribution in [2.45, 2.75) is 20.1 Å². The molecule has 10 heteroatoms. The maximum Gasteiger partial charge on any atom is 0.291 e. The molecule has 3 heterocycles. The molecule has 0 aliphatic carbocycles. The molecule has 1 saturated heterocycles. The van der Waals surface area contributed by atoms with Crippen LogP contribution in [0.2, 0.25) is 0 Å². The maximum atomic E-state index is 13.0. The minimum atomic E-state index is -0.461. The molecule has 32 heavy (non-hydrogen) atoms. The maximum absolute atomic E-state index is 13.0. The number of nitrogens with one attached hydrogen (secondary N) is 1. The van der Waals surface area contributed by atoms with Crippen LogP contribution in [-0.2, 0) is 17.9 Å². The van der Waals surface area contributed by atoms with Crippen LogP contribution in [0.5, 0.6) is 5.75 Å². The van der Waals surface area contributed by atoms with Crippen LogP contribution in [0.1, 0.15) is 33.7 Å². The molecule has 0 unspecified atom stereocenters. The lowest BCUT2D eigenvalue weighted by Crippen LogP contribution is -2.41. The second kappa shape index (κ2) is 10.2. The second-order valence-electron chi connectivity index (χ2n) is 7.09. The number of halogens is 1. The number of carbonyl (C=O) groups is 2. The van der Waals surface area contributed by atoms with E-state index in [0.29, 0.717) is 55.7 Å². The molecule has 0 atom stereocenters. The second-order valence-corrected chi connectivity index (χ2v) is 8.34. The van der Waals surface area contributed by atoms with Gasteiger partial charge in [0.15, 0.2) is 5.76 Å².